The first kappa shape index (κ1) is 13.9. The van der Waals surface area contributed by atoms with E-state index in [1.54, 1.807) is 6.33 Å². The number of aryl methyl sites for hydroxylation is 1. The largest absolute Gasteiger partial charge is 0.339 e. The summed E-state index contributed by atoms with van der Waals surface area (Å²) in [6.45, 7) is 6.51. The second-order valence-corrected chi connectivity index (χ2v) is 6.16. The van der Waals surface area contributed by atoms with E-state index < -0.39 is 0 Å². The lowest BCUT2D eigenvalue weighted by Gasteiger charge is -2.14. The normalized spacial score (nSPS) is 10.7. The molecule has 0 bridgehead atoms. The van der Waals surface area contributed by atoms with Crippen molar-refractivity contribution in [3.05, 3.63) is 42.4 Å². The number of nitrogens with one attached hydrogen (secondary N) is 1. The molecule has 4 heteroatoms. The van der Waals surface area contributed by atoms with E-state index in [0.717, 1.165) is 23.5 Å². The molecule has 0 spiro atoms. The van der Waals surface area contributed by atoms with Gasteiger partial charge in [-0.2, -0.15) is 0 Å². The van der Waals surface area contributed by atoms with Gasteiger partial charge >= 0.3 is 0 Å². The van der Waals surface area contributed by atoms with Gasteiger partial charge < -0.3 is 5.32 Å². The van der Waals surface area contributed by atoms with E-state index in [2.05, 4.69) is 54.3 Å². The molecule has 2 aromatic rings. The number of thioether (sulfide) groups is 1. The highest BCUT2D eigenvalue weighted by atomic mass is 32.2. The van der Waals surface area contributed by atoms with E-state index >= 15 is 0 Å². The van der Waals surface area contributed by atoms with Crippen molar-refractivity contribution >= 4 is 23.3 Å². The second kappa shape index (κ2) is 6.57. The van der Waals surface area contributed by atoms with Crippen molar-refractivity contribution in [3.8, 4) is 0 Å². The molecule has 0 atom stereocenters. The van der Waals surface area contributed by atoms with Crippen LogP contribution in [0.2, 0.25) is 0 Å². The number of hydrogen-bond acceptors (Lipinski definition) is 4. The summed E-state index contributed by atoms with van der Waals surface area (Å²) in [6.07, 6.45) is 4.37. The molecule has 0 aliphatic carbocycles. The Morgan fingerprint density at radius 3 is 2.79 bits per heavy atom. The molecule has 1 aromatic carbocycles. The molecule has 1 aromatic heterocycles. The quantitative estimate of drug-likeness (QED) is 0.825. The Morgan fingerprint density at radius 1 is 1.26 bits per heavy atom. The Morgan fingerprint density at radius 2 is 2.05 bits per heavy atom. The Labute approximate surface area is 118 Å². The third-order valence-electron chi connectivity index (χ3n) is 2.67. The molecule has 3 nitrogen and oxygen atoms in total. The fourth-order valence-corrected chi connectivity index (χ4v) is 2.69. The molecule has 0 amide bonds. The smallest absolute Gasteiger partial charge is 0.136 e. The van der Waals surface area contributed by atoms with Gasteiger partial charge in [-0.25, -0.2) is 9.97 Å². The average molecular weight is 273 g/mol. The van der Waals surface area contributed by atoms with Crippen LogP contribution in [0, 0.1) is 0 Å². The van der Waals surface area contributed by atoms with Crippen molar-refractivity contribution in [1.82, 2.24) is 9.97 Å². The first-order valence-corrected chi connectivity index (χ1v) is 7.40. The van der Waals surface area contributed by atoms with Crippen molar-refractivity contribution in [1.29, 1.82) is 0 Å². The number of hydrogen-bond donors (Lipinski definition) is 1. The van der Waals surface area contributed by atoms with Crippen molar-refractivity contribution in [3.63, 3.8) is 0 Å². The van der Waals surface area contributed by atoms with Crippen LogP contribution < -0.4 is 5.32 Å². The maximum atomic E-state index is 4.33. The van der Waals surface area contributed by atoms with Gasteiger partial charge in [0, 0.05) is 21.9 Å². The number of para-hydroxylation sites is 1. The minimum absolute atomic E-state index is 0.555. The van der Waals surface area contributed by atoms with Crippen LogP contribution in [0.15, 0.2) is 41.7 Å². The zero-order chi connectivity index (χ0) is 13.7. The maximum absolute atomic E-state index is 4.33. The van der Waals surface area contributed by atoms with E-state index in [4.69, 9.17) is 0 Å². The van der Waals surface area contributed by atoms with Crippen LogP contribution in [0.5, 0.6) is 0 Å². The van der Waals surface area contributed by atoms with Crippen LogP contribution >= 0.6 is 11.8 Å². The number of anilines is 2. The number of aromatic nitrogens is 2. The van der Waals surface area contributed by atoms with E-state index in [1.807, 2.05) is 24.0 Å². The molecule has 0 aliphatic heterocycles. The van der Waals surface area contributed by atoms with Crippen molar-refractivity contribution < 1.29 is 0 Å². The first-order valence-electron chi connectivity index (χ1n) is 6.52. The van der Waals surface area contributed by atoms with Gasteiger partial charge in [0.25, 0.3) is 0 Å². The number of benzene rings is 1. The minimum atomic E-state index is 0.555. The molecule has 0 saturated heterocycles. The van der Waals surface area contributed by atoms with Crippen LogP contribution in [-0.4, -0.2) is 15.2 Å². The third kappa shape index (κ3) is 3.70. The number of nitrogens with zero attached hydrogens (tertiary/aromatic N) is 2. The van der Waals surface area contributed by atoms with Crippen molar-refractivity contribution in [2.45, 2.75) is 37.3 Å². The third-order valence-corrected chi connectivity index (χ3v) is 3.75. The highest BCUT2D eigenvalue weighted by molar-refractivity contribution is 8.00. The predicted molar refractivity (Wildman–Crippen MR) is 82.1 cm³/mol. The second-order valence-electron chi connectivity index (χ2n) is 4.54. The van der Waals surface area contributed by atoms with Crippen LogP contribution in [0.25, 0.3) is 0 Å². The van der Waals surface area contributed by atoms with E-state index in [9.17, 15) is 0 Å². The Kier molecular flexibility index (Phi) is 4.80. The summed E-state index contributed by atoms with van der Waals surface area (Å²) in [5.41, 5.74) is 2.24. The van der Waals surface area contributed by atoms with Crippen LogP contribution in [0.1, 0.15) is 26.3 Å². The molecular formula is C15H19N3S. The summed E-state index contributed by atoms with van der Waals surface area (Å²) >= 11 is 1.85. The Balaban J connectivity index is 2.27. The molecule has 19 heavy (non-hydrogen) atoms. The lowest BCUT2D eigenvalue weighted by Crippen LogP contribution is -2.00. The number of rotatable bonds is 5. The standard InChI is InChI=1S/C15H19N3S/c1-4-12-9-16-10-17-15(12)18-13-7-5-6-8-14(13)19-11(2)3/h5-11H,4H2,1-3H3,(H,16,17,18). The first-order chi connectivity index (χ1) is 9.20. The summed E-state index contributed by atoms with van der Waals surface area (Å²) in [4.78, 5) is 9.65. The van der Waals surface area contributed by atoms with Crippen LogP contribution in [0.3, 0.4) is 0 Å². The van der Waals surface area contributed by atoms with E-state index in [1.165, 1.54) is 4.90 Å². The van der Waals surface area contributed by atoms with Gasteiger partial charge in [-0.3, -0.25) is 0 Å². The average Bonchev–Trinajstić information content (AvgIpc) is 2.41. The molecule has 1 N–H and O–H groups in total. The molecule has 0 fully saturated rings. The highest BCUT2D eigenvalue weighted by Gasteiger charge is 2.07. The van der Waals surface area contributed by atoms with E-state index in [0.29, 0.717) is 5.25 Å². The summed E-state index contributed by atoms with van der Waals surface area (Å²) in [6, 6.07) is 8.34. The lowest BCUT2D eigenvalue weighted by atomic mass is 10.2. The zero-order valence-electron chi connectivity index (χ0n) is 11.6. The maximum Gasteiger partial charge on any atom is 0.136 e. The van der Waals surface area contributed by atoms with E-state index in [-0.39, 0.29) is 0 Å². The predicted octanol–water partition coefficient (Wildman–Crippen LogP) is 4.28. The van der Waals surface area contributed by atoms with Gasteiger partial charge in [0.05, 0.1) is 5.69 Å². The summed E-state index contributed by atoms with van der Waals surface area (Å²) < 4.78 is 0. The lowest BCUT2D eigenvalue weighted by molar-refractivity contribution is 1.05. The highest BCUT2D eigenvalue weighted by Crippen LogP contribution is 2.32. The molecule has 0 radical (unpaired) electrons. The molecule has 0 unspecified atom stereocenters. The van der Waals surface area contributed by atoms with Crippen LogP contribution in [-0.2, 0) is 6.42 Å². The van der Waals surface area contributed by atoms with Gasteiger partial charge in [0.2, 0.25) is 0 Å². The summed E-state index contributed by atoms with van der Waals surface area (Å²) in [5, 5.41) is 3.98. The topological polar surface area (TPSA) is 37.8 Å². The zero-order valence-corrected chi connectivity index (χ0v) is 12.4. The van der Waals surface area contributed by atoms with Gasteiger partial charge in [0.1, 0.15) is 12.1 Å². The summed E-state index contributed by atoms with van der Waals surface area (Å²) in [7, 11) is 0. The van der Waals surface area contributed by atoms with Gasteiger partial charge in [-0.1, -0.05) is 32.9 Å². The van der Waals surface area contributed by atoms with Gasteiger partial charge in [-0.05, 0) is 18.6 Å². The Hall–Kier alpha value is -1.55. The molecule has 2 rings (SSSR count). The van der Waals surface area contributed by atoms with Crippen LogP contribution in [0.4, 0.5) is 11.5 Å². The Bertz CT molecular complexity index is 540. The molecule has 0 saturated carbocycles. The molecule has 100 valence electrons. The fraction of sp³-hybridized carbons (Fsp3) is 0.333. The van der Waals surface area contributed by atoms with Gasteiger partial charge in [-0.15, -0.1) is 11.8 Å². The fourth-order valence-electron chi connectivity index (χ4n) is 1.78. The van der Waals surface area contributed by atoms with Crippen molar-refractivity contribution in [2.24, 2.45) is 0 Å². The molecule has 0 aliphatic rings. The SMILES string of the molecule is CCc1cncnc1Nc1ccccc1SC(C)C. The molecule has 1 heterocycles. The monoisotopic (exact) mass is 273 g/mol. The summed E-state index contributed by atoms with van der Waals surface area (Å²) in [5.74, 6) is 0.898. The van der Waals surface area contributed by atoms with Gasteiger partial charge in [0.15, 0.2) is 0 Å². The minimum Gasteiger partial charge on any atom is -0.339 e. The molecular weight excluding hydrogens is 254 g/mol. The van der Waals surface area contributed by atoms with Crippen molar-refractivity contribution in [2.75, 3.05) is 5.32 Å².